The number of thiol groups is 1. The predicted molar refractivity (Wildman–Crippen MR) is 81.8 cm³/mol. The summed E-state index contributed by atoms with van der Waals surface area (Å²) < 4.78 is 0. The zero-order valence-electron chi connectivity index (χ0n) is 10.1. The number of hydrogen-bond donors (Lipinski definition) is 1. The normalized spacial score (nSPS) is 9.28. The van der Waals surface area contributed by atoms with Gasteiger partial charge in [0.1, 0.15) is 6.29 Å². The maximum absolute atomic E-state index is 10.5. The van der Waals surface area contributed by atoms with Gasteiger partial charge >= 0.3 is 0 Å². The number of carbonyl (C=O) groups excluding carboxylic acids is 1. The molecule has 2 rings (SSSR count). The summed E-state index contributed by atoms with van der Waals surface area (Å²) in [5.41, 5.74) is 2.86. The first kappa shape index (κ1) is 14.8. The Balaban J connectivity index is 0.000000492. The van der Waals surface area contributed by atoms with Crippen LogP contribution in [0.5, 0.6) is 0 Å². The molecular formula is C15H15ClOS. The third-order valence-electron chi connectivity index (χ3n) is 2.22. The molecule has 0 aliphatic rings. The second-order valence-corrected chi connectivity index (χ2v) is 4.63. The summed E-state index contributed by atoms with van der Waals surface area (Å²) in [4.78, 5) is 10.5. The lowest BCUT2D eigenvalue weighted by molar-refractivity contribution is 0.112. The van der Waals surface area contributed by atoms with Crippen molar-refractivity contribution in [2.45, 2.75) is 6.92 Å². The van der Waals surface area contributed by atoms with Gasteiger partial charge in [-0.05, 0) is 29.0 Å². The standard InChI is InChI=1S/C13H9ClO.C2H6S/c14-13-7-5-12(6-8-13)11-3-1-10(9-15)2-4-11;1-2-3/h1-9H;3H,2H2,1H3. The van der Waals surface area contributed by atoms with Gasteiger partial charge in [-0.15, -0.1) is 0 Å². The molecule has 0 unspecified atom stereocenters. The SMILES string of the molecule is CCS.O=Cc1ccc(-c2ccc(Cl)cc2)cc1. The highest BCUT2D eigenvalue weighted by molar-refractivity contribution is 7.80. The lowest BCUT2D eigenvalue weighted by Crippen LogP contribution is -1.80. The van der Waals surface area contributed by atoms with Crippen LogP contribution in [-0.2, 0) is 0 Å². The first-order valence-corrected chi connectivity index (χ1v) is 6.64. The number of rotatable bonds is 2. The van der Waals surface area contributed by atoms with Crippen LogP contribution in [0.25, 0.3) is 11.1 Å². The van der Waals surface area contributed by atoms with Crippen LogP contribution in [0.3, 0.4) is 0 Å². The average molecular weight is 279 g/mol. The monoisotopic (exact) mass is 278 g/mol. The number of carbonyl (C=O) groups is 1. The molecule has 0 amide bonds. The Bertz CT molecular complexity index is 477. The molecule has 1 nitrogen and oxygen atoms in total. The summed E-state index contributed by atoms with van der Waals surface area (Å²) in [5.74, 6) is 0.944. The lowest BCUT2D eigenvalue weighted by atomic mass is 10.0. The van der Waals surface area contributed by atoms with E-state index in [4.69, 9.17) is 11.6 Å². The van der Waals surface area contributed by atoms with Gasteiger partial charge in [0.25, 0.3) is 0 Å². The van der Waals surface area contributed by atoms with Crippen molar-refractivity contribution in [2.24, 2.45) is 0 Å². The molecule has 2 aromatic rings. The lowest BCUT2D eigenvalue weighted by Gasteiger charge is -2.01. The van der Waals surface area contributed by atoms with Crippen LogP contribution >= 0.6 is 24.2 Å². The van der Waals surface area contributed by atoms with E-state index in [2.05, 4.69) is 12.6 Å². The average Bonchev–Trinajstić information content (AvgIpc) is 2.41. The highest BCUT2D eigenvalue weighted by Crippen LogP contribution is 2.21. The molecule has 94 valence electrons. The summed E-state index contributed by atoms with van der Waals surface area (Å²) in [7, 11) is 0. The number of halogens is 1. The van der Waals surface area contributed by atoms with Crippen LogP contribution in [0.1, 0.15) is 17.3 Å². The molecule has 3 heteroatoms. The van der Waals surface area contributed by atoms with Gasteiger partial charge in [0.2, 0.25) is 0 Å². The van der Waals surface area contributed by atoms with E-state index in [0.29, 0.717) is 5.56 Å². The molecule has 0 aromatic heterocycles. The largest absolute Gasteiger partial charge is 0.298 e. The Hall–Kier alpha value is -1.25. The van der Waals surface area contributed by atoms with E-state index in [1.807, 2.05) is 43.3 Å². The molecule has 0 spiro atoms. The van der Waals surface area contributed by atoms with Crippen LogP contribution in [0.4, 0.5) is 0 Å². The van der Waals surface area contributed by atoms with Crippen LogP contribution in [0, 0.1) is 0 Å². The van der Waals surface area contributed by atoms with E-state index in [9.17, 15) is 4.79 Å². The van der Waals surface area contributed by atoms with Crippen LogP contribution in [0.15, 0.2) is 48.5 Å². The maximum Gasteiger partial charge on any atom is 0.150 e. The molecule has 0 radical (unpaired) electrons. The van der Waals surface area contributed by atoms with E-state index in [1.54, 1.807) is 12.1 Å². The van der Waals surface area contributed by atoms with Crippen molar-refractivity contribution in [1.82, 2.24) is 0 Å². The minimum Gasteiger partial charge on any atom is -0.298 e. The highest BCUT2D eigenvalue weighted by atomic mass is 35.5. The van der Waals surface area contributed by atoms with Crippen molar-refractivity contribution in [3.63, 3.8) is 0 Å². The summed E-state index contributed by atoms with van der Waals surface area (Å²) in [6.07, 6.45) is 0.839. The van der Waals surface area contributed by atoms with Crippen LogP contribution in [-0.4, -0.2) is 12.0 Å². The summed E-state index contributed by atoms with van der Waals surface area (Å²) in [6.45, 7) is 1.99. The zero-order valence-corrected chi connectivity index (χ0v) is 11.8. The minimum absolute atomic E-state index is 0.688. The Labute approximate surface area is 118 Å². The van der Waals surface area contributed by atoms with E-state index < -0.39 is 0 Å². The molecule has 0 saturated heterocycles. The molecule has 0 atom stereocenters. The van der Waals surface area contributed by atoms with Crippen LogP contribution in [0.2, 0.25) is 5.02 Å². The van der Waals surface area contributed by atoms with E-state index in [1.165, 1.54) is 0 Å². The smallest absolute Gasteiger partial charge is 0.150 e. The third-order valence-corrected chi connectivity index (χ3v) is 2.48. The summed E-state index contributed by atoms with van der Waals surface area (Å²) in [6, 6.07) is 15.1. The fourth-order valence-corrected chi connectivity index (χ4v) is 1.52. The Morgan fingerprint density at radius 1 is 1.00 bits per heavy atom. The number of benzene rings is 2. The topological polar surface area (TPSA) is 17.1 Å². The second-order valence-electron chi connectivity index (χ2n) is 3.56. The molecule has 0 aliphatic carbocycles. The molecular weight excluding hydrogens is 264 g/mol. The first-order valence-electron chi connectivity index (χ1n) is 5.63. The molecule has 2 aromatic carbocycles. The van der Waals surface area contributed by atoms with Gasteiger partial charge in [0.15, 0.2) is 0 Å². The van der Waals surface area contributed by atoms with Crippen molar-refractivity contribution >= 4 is 30.5 Å². The van der Waals surface area contributed by atoms with E-state index >= 15 is 0 Å². The molecule has 0 fully saturated rings. The molecule has 0 bridgehead atoms. The third kappa shape index (κ3) is 4.55. The van der Waals surface area contributed by atoms with Crippen LogP contribution < -0.4 is 0 Å². The molecule has 18 heavy (non-hydrogen) atoms. The summed E-state index contributed by atoms with van der Waals surface area (Å²) >= 11 is 9.59. The van der Waals surface area contributed by atoms with Gasteiger partial charge in [-0.2, -0.15) is 12.6 Å². The van der Waals surface area contributed by atoms with E-state index in [-0.39, 0.29) is 0 Å². The second kappa shape index (κ2) is 7.96. The van der Waals surface area contributed by atoms with Gasteiger partial charge in [-0.1, -0.05) is 54.9 Å². The van der Waals surface area contributed by atoms with Gasteiger partial charge in [0.05, 0.1) is 0 Å². The highest BCUT2D eigenvalue weighted by Gasteiger charge is 1.97. The van der Waals surface area contributed by atoms with Gasteiger partial charge in [-0.25, -0.2) is 0 Å². The van der Waals surface area contributed by atoms with Crippen molar-refractivity contribution < 1.29 is 4.79 Å². The number of aldehydes is 1. The van der Waals surface area contributed by atoms with Gasteiger partial charge in [-0.3, -0.25) is 4.79 Å². The minimum atomic E-state index is 0.688. The first-order chi connectivity index (χ1) is 8.71. The Kier molecular flexibility index (Phi) is 6.55. The fourth-order valence-electron chi connectivity index (χ4n) is 1.40. The maximum atomic E-state index is 10.5. The quantitative estimate of drug-likeness (QED) is 0.619. The number of hydrogen-bond acceptors (Lipinski definition) is 2. The van der Waals surface area contributed by atoms with E-state index in [0.717, 1.165) is 28.2 Å². The van der Waals surface area contributed by atoms with Crippen molar-refractivity contribution in [1.29, 1.82) is 0 Å². The molecule has 0 heterocycles. The summed E-state index contributed by atoms with van der Waals surface area (Å²) in [5, 5.41) is 0.725. The van der Waals surface area contributed by atoms with Gasteiger partial charge in [0, 0.05) is 10.6 Å². The Morgan fingerprint density at radius 2 is 1.39 bits per heavy atom. The molecule has 0 aliphatic heterocycles. The molecule has 0 N–H and O–H groups in total. The van der Waals surface area contributed by atoms with Crippen molar-refractivity contribution in [3.05, 3.63) is 59.1 Å². The molecule has 0 saturated carbocycles. The predicted octanol–water partition coefficient (Wildman–Crippen LogP) is 4.76. The Morgan fingerprint density at radius 3 is 1.78 bits per heavy atom. The van der Waals surface area contributed by atoms with Crippen molar-refractivity contribution in [3.8, 4) is 11.1 Å². The van der Waals surface area contributed by atoms with Crippen molar-refractivity contribution in [2.75, 3.05) is 5.75 Å². The van der Waals surface area contributed by atoms with Gasteiger partial charge < -0.3 is 0 Å². The zero-order chi connectivity index (χ0) is 13.4. The fraction of sp³-hybridized carbons (Fsp3) is 0.133.